The Morgan fingerprint density at radius 2 is 1.79 bits per heavy atom. The van der Waals surface area contributed by atoms with Gasteiger partial charge in [-0.3, -0.25) is 4.79 Å². The van der Waals surface area contributed by atoms with Crippen LogP contribution in [0.1, 0.15) is 59.3 Å². The van der Waals surface area contributed by atoms with Gasteiger partial charge < -0.3 is 9.47 Å². The summed E-state index contributed by atoms with van der Waals surface area (Å²) in [5.41, 5.74) is 0. The van der Waals surface area contributed by atoms with Crippen LogP contribution in [0.4, 0.5) is 0 Å². The molecule has 3 nitrogen and oxygen atoms in total. The number of esters is 1. The summed E-state index contributed by atoms with van der Waals surface area (Å²) in [5, 5.41) is 0. The molecule has 0 amide bonds. The lowest BCUT2D eigenvalue weighted by Crippen LogP contribution is -2.29. The minimum absolute atomic E-state index is 0.0633. The van der Waals surface area contributed by atoms with E-state index in [1.54, 1.807) is 7.11 Å². The van der Waals surface area contributed by atoms with Crippen molar-refractivity contribution in [1.29, 1.82) is 0 Å². The highest BCUT2D eigenvalue weighted by Gasteiger charge is 2.27. The Labute approximate surface area is 118 Å². The molecule has 0 heterocycles. The second-order valence-corrected chi connectivity index (χ2v) is 6.31. The Kier molecular flexibility index (Phi) is 7.44. The molecule has 0 aromatic heterocycles. The van der Waals surface area contributed by atoms with Gasteiger partial charge in [-0.15, -0.1) is 0 Å². The molecule has 0 N–H and O–H groups in total. The second-order valence-electron chi connectivity index (χ2n) is 6.31. The first-order valence-electron chi connectivity index (χ1n) is 7.74. The van der Waals surface area contributed by atoms with Crippen LogP contribution < -0.4 is 0 Å². The molecule has 0 aromatic carbocycles. The Hall–Kier alpha value is -0.570. The molecule has 2 unspecified atom stereocenters. The quantitative estimate of drug-likeness (QED) is 0.629. The van der Waals surface area contributed by atoms with E-state index in [0.717, 1.165) is 12.8 Å². The van der Waals surface area contributed by atoms with E-state index in [2.05, 4.69) is 13.8 Å². The maximum absolute atomic E-state index is 12.2. The Morgan fingerprint density at radius 1 is 1.16 bits per heavy atom. The largest absolute Gasteiger partial charge is 0.462 e. The maximum atomic E-state index is 12.2. The van der Waals surface area contributed by atoms with Crippen molar-refractivity contribution in [2.45, 2.75) is 65.4 Å². The molecule has 1 rings (SSSR count). The van der Waals surface area contributed by atoms with Gasteiger partial charge in [0.25, 0.3) is 0 Å². The van der Waals surface area contributed by atoms with Crippen molar-refractivity contribution in [1.82, 2.24) is 0 Å². The second kappa shape index (κ2) is 8.57. The van der Waals surface area contributed by atoms with E-state index in [1.165, 1.54) is 25.7 Å². The first-order valence-corrected chi connectivity index (χ1v) is 7.74. The van der Waals surface area contributed by atoms with E-state index in [1.807, 2.05) is 6.92 Å². The highest BCUT2D eigenvalue weighted by molar-refractivity contribution is 5.72. The standard InChI is InChI=1S/C16H30O3/c1-12(2)9-10-15(11-18-4)16(17)19-13(3)14-7-5-6-8-14/h12-15H,5-11H2,1-4H3. The molecule has 0 bridgehead atoms. The zero-order valence-corrected chi connectivity index (χ0v) is 13.0. The maximum Gasteiger partial charge on any atom is 0.311 e. The van der Waals surface area contributed by atoms with E-state index < -0.39 is 0 Å². The fourth-order valence-electron chi connectivity index (χ4n) is 2.81. The summed E-state index contributed by atoms with van der Waals surface area (Å²) >= 11 is 0. The Morgan fingerprint density at radius 3 is 2.32 bits per heavy atom. The van der Waals surface area contributed by atoms with Crippen molar-refractivity contribution in [3.05, 3.63) is 0 Å². The highest BCUT2D eigenvalue weighted by atomic mass is 16.5. The lowest BCUT2D eigenvalue weighted by Gasteiger charge is -2.23. The first kappa shape index (κ1) is 16.5. The molecular weight excluding hydrogens is 240 g/mol. The summed E-state index contributed by atoms with van der Waals surface area (Å²) in [5.74, 6) is 1.01. The van der Waals surface area contributed by atoms with Gasteiger partial charge in [0.05, 0.1) is 12.5 Å². The topological polar surface area (TPSA) is 35.5 Å². The van der Waals surface area contributed by atoms with Crippen LogP contribution in [-0.4, -0.2) is 25.8 Å². The van der Waals surface area contributed by atoms with Crippen LogP contribution in [0.5, 0.6) is 0 Å². The third-order valence-corrected chi connectivity index (χ3v) is 4.16. The number of ether oxygens (including phenoxy) is 2. The third-order valence-electron chi connectivity index (χ3n) is 4.16. The molecule has 3 heteroatoms. The summed E-state index contributed by atoms with van der Waals surface area (Å²) in [6.45, 7) is 6.87. The average Bonchev–Trinajstić information content (AvgIpc) is 2.87. The van der Waals surface area contributed by atoms with E-state index in [0.29, 0.717) is 18.4 Å². The predicted octanol–water partition coefficient (Wildman–Crippen LogP) is 3.81. The van der Waals surface area contributed by atoms with Crippen molar-refractivity contribution >= 4 is 5.97 Å². The number of hydrogen-bond donors (Lipinski definition) is 0. The van der Waals surface area contributed by atoms with Crippen LogP contribution in [0.3, 0.4) is 0 Å². The van der Waals surface area contributed by atoms with Gasteiger partial charge in [-0.05, 0) is 38.0 Å². The zero-order chi connectivity index (χ0) is 14.3. The lowest BCUT2D eigenvalue weighted by atomic mass is 9.98. The van der Waals surface area contributed by atoms with E-state index in [4.69, 9.17) is 9.47 Å². The van der Waals surface area contributed by atoms with Crippen molar-refractivity contribution < 1.29 is 14.3 Å². The van der Waals surface area contributed by atoms with E-state index in [9.17, 15) is 4.79 Å². The SMILES string of the molecule is COCC(CCC(C)C)C(=O)OC(C)C1CCCC1. The normalized spacial score (nSPS) is 19.6. The highest BCUT2D eigenvalue weighted by Crippen LogP contribution is 2.29. The van der Waals surface area contributed by atoms with Gasteiger partial charge in [0.1, 0.15) is 6.10 Å². The molecule has 1 aliphatic carbocycles. The molecular formula is C16H30O3. The van der Waals surface area contributed by atoms with Gasteiger partial charge in [-0.2, -0.15) is 0 Å². The zero-order valence-electron chi connectivity index (χ0n) is 13.0. The predicted molar refractivity (Wildman–Crippen MR) is 77.0 cm³/mol. The van der Waals surface area contributed by atoms with Gasteiger partial charge in [-0.1, -0.05) is 33.1 Å². The smallest absolute Gasteiger partial charge is 0.311 e. The molecule has 1 fully saturated rings. The minimum Gasteiger partial charge on any atom is -0.462 e. The molecule has 1 aliphatic rings. The Bertz CT molecular complexity index is 257. The molecule has 19 heavy (non-hydrogen) atoms. The minimum atomic E-state index is -0.101. The lowest BCUT2D eigenvalue weighted by molar-refractivity contribution is -0.158. The molecule has 0 aliphatic heterocycles. The van der Waals surface area contributed by atoms with E-state index >= 15 is 0 Å². The average molecular weight is 270 g/mol. The first-order chi connectivity index (χ1) is 9.04. The van der Waals surface area contributed by atoms with Gasteiger partial charge in [0.2, 0.25) is 0 Å². The number of carbonyl (C=O) groups excluding carboxylic acids is 1. The molecule has 1 saturated carbocycles. The number of methoxy groups -OCH3 is 1. The molecule has 0 aromatic rings. The van der Waals surface area contributed by atoms with Crippen molar-refractivity contribution in [3.8, 4) is 0 Å². The summed E-state index contributed by atoms with van der Waals surface area (Å²) in [4.78, 5) is 12.2. The monoisotopic (exact) mass is 270 g/mol. The van der Waals surface area contributed by atoms with E-state index in [-0.39, 0.29) is 18.0 Å². The fourth-order valence-corrected chi connectivity index (χ4v) is 2.81. The Balaban J connectivity index is 2.41. The summed E-state index contributed by atoms with van der Waals surface area (Å²) < 4.78 is 10.8. The number of carbonyl (C=O) groups is 1. The van der Waals surface area contributed by atoms with Gasteiger partial charge >= 0.3 is 5.97 Å². The molecule has 0 radical (unpaired) electrons. The van der Waals surface area contributed by atoms with Crippen molar-refractivity contribution in [2.24, 2.45) is 17.8 Å². The molecule has 2 atom stereocenters. The van der Waals surface area contributed by atoms with Gasteiger partial charge in [-0.25, -0.2) is 0 Å². The van der Waals surface area contributed by atoms with Crippen LogP contribution in [0.25, 0.3) is 0 Å². The molecule has 0 saturated heterocycles. The van der Waals surface area contributed by atoms with Crippen molar-refractivity contribution in [2.75, 3.05) is 13.7 Å². The van der Waals surface area contributed by atoms with Gasteiger partial charge in [0.15, 0.2) is 0 Å². The summed E-state index contributed by atoms with van der Waals surface area (Å²) in [6, 6.07) is 0. The van der Waals surface area contributed by atoms with Crippen LogP contribution in [0, 0.1) is 17.8 Å². The third kappa shape index (κ3) is 5.94. The van der Waals surface area contributed by atoms with Crippen LogP contribution in [0.15, 0.2) is 0 Å². The van der Waals surface area contributed by atoms with Crippen LogP contribution >= 0.6 is 0 Å². The van der Waals surface area contributed by atoms with Crippen LogP contribution in [-0.2, 0) is 14.3 Å². The van der Waals surface area contributed by atoms with Gasteiger partial charge in [0, 0.05) is 7.11 Å². The molecule has 112 valence electrons. The number of hydrogen-bond acceptors (Lipinski definition) is 3. The van der Waals surface area contributed by atoms with Crippen LogP contribution in [0.2, 0.25) is 0 Å². The fraction of sp³-hybridized carbons (Fsp3) is 0.938. The molecule has 0 spiro atoms. The van der Waals surface area contributed by atoms with Crippen molar-refractivity contribution in [3.63, 3.8) is 0 Å². The summed E-state index contributed by atoms with van der Waals surface area (Å²) in [6.07, 6.45) is 6.93. The summed E-state index contributed by atoms with van der Waals surface area (Å²) in [7, 11) is 1.65. The number of rotatable bonds is 8.